The minimum atomic E-state index is -1.35. The summed E-state index contributed by atoms with van der Waals surface area (Å²) >= 11 is 4.35. The van der Waals surface area contributed by atoms with Gasteiger partial charge in [0.05, 0.1) is 12.2 Å². The highest BCUT2D eigenvalue weighted by Crippen LogP contribution is 2.36. The first kappa shape index (κ1) is 18.0. The number of rotatable bonds is 6. The molecule has 0 saturated heterocycles. The van der Waals surface area contributed by atoms with Crippen LogP contribution >= 0.6 is 27.7 Å². The Morgan fingerprint density at radius 1 is 1.43 bits per heavy atom. The summed E-state index contributed by atoms with van der Waals surface area (Å²) in [6, 6.07) is 2.31. The number of esters is 1. The van der Waals surface area contributed by atoms with E-state index >= 15 is 0 Å². The molecule has 0 heterocycles. The second kappa shape index (κ2) is 7.79. The standard InChI is InChI=1S/C14H16BrFO4S/c1-4-20-14(19)12(7(2)3)21-11-5-8(13(17)18)10(16)6-9(11)15/h5-7,12H,4H2,1-3H3,(H,17,18). The van der Waals surface area contributed by atoms with Crippen LogP contribution in [0.3, 0.4) is 0 Å². The molecule has 7 heteroatoms. The molecule has 1 aromatic carbocycles. The van der Waals surface area contributed by atoms with Crippen molar-refractivity contribution in [3.63, 3.8) is 0 Å². The molecular formula is C14H16BrFO4S. The summed E-state index contributed by atoms with van der Waals surface area (Å²) in [5.74, 6) is -2.56. The molecule has 0 bridgehead atoms. The maximum absolute atomic E-state index is 13.5. The fraction of sp³-hybridized carbons (Fsp3) is 0.429. The zero-order valence-corrected chi connectivity index (χ0v) is 14.3. The summed E-state index contributed by atoms with van der Waals surface area (Å²) in [6.07, 6.45) is 0. The van der Waals surface area contributed by atoms with Crippen molar-refractivity contribution in [2.45, 2.75) is 30.9 Å². The van der Waals surface area contributed by atoms with E-state index in [9.17, 15) is 14.0 Å². The third-order valence-corrected chi connectivity index (χ3v) is 5.13. The van der Waals surface area contributed by atoms with Crippen molar-refractivity contribution in [1.82, 2.24) is 0 Å². The number of carbonyl (C=O) groups excluding carboxylic acids is 1. The maximum atomic E-state index is 13.5. The summed E-state index contributed by atoms with van der Waals surface area (Å²) in [7, 11) is 0. The second-order valence-corrected chi connectivity index (χ2v) is 6.64. The van der Waals surface area contributed by atoms with Crippen LogP contribution in [0.1, 0.15) is 31.1 Å². The molecule has 0 fully saturated rings. The number of benzene rings is 1. The zero-order valence-electron chi connectivity index (χ0n) is 11.9. The molecule has 1 rings (SSSR count). The lowest BCUT2D eigenvalue weighted by molar-refractivity contribution is -0.143. The van der Waals surface area contributed by atoms with Crippen LogP contribution in [0.4, 0.5) is 4.39 Å². The van der Waals surface area contributed by atoms with Crippen molar-refractivity contribution in [3.05, 3.63) is 28.0 Å². The van der Waals surface area contributed by atoms with Crippen LogP contribution in [0, 0.1) is 11.7 Å². The smallest absolute Gasteiger partial charge is 0.338 e. The topological polar surface area (TPSA) is 63.6 Å². The number of aromatic carboxylic acids is 1. The molecular weight excluding hydrogens is 363 g/mol. The molecule has 0 radical (unpaired) electrons. The Kier molecular flexibility index (Phi) is 6.67. The second-order valence-electron chi connectivity index (χ2n) is 4.60. The quantitative estimate of drug-likeness (QED) is 0.599. The van der Waals surface area contributed by atoms with E-state index in [0.29, 0.717) is 9.37 Å². The van der Waals surface area contributed by atoms with Gasteiger partial charge in [0.2, 0.25) is 0 Å². The summed E-state index contributed by atoms with van der Waals surface area (Å²) in [5, 5.41) is 8.47. The molecule has 1 unspecified atom stereocenters. The van der Waals surface area contributed by atoms with E-state index in [4.69, 9.17) is 9.84 Å². The van der Waals surface area contributed by atoms with Gasteiger partial charge in [0.1, 0.15) is 11.1 Å². The number of carboxylic acid groups (broad SMARTS) is 1. The van der Waals surface area contributed by atoms with Crippen molar-refractivity contribution >= 4 is 39.6 Å². The number of carboxylic acids is 1. The van der Waals surface area contributed by atoms with Crippen LogP contribution < -0.4 is 0 Å². The van der Waals surface area contributed by atoms with Gasteiger partial charge in [-0.1, -0.05) is 13.8 Å². The van der Waals surface area contributed by atoms with E-state index in [1.54, 1.807) is 6.92 Å². The van der Waals surface area contributed by atoms with Crippen LogP contribution in [0.5, 0.6) is 0 Å². The third kappa shape index (κ3) is 4.71. The molecule has 1 N–H and O–H groups in total. The largest absolute Gasteiger partial charge is 0.478 e. The Morgan fingerprint density at radius 2 is 2.05 bits per heavy atom. The molecule has 1 aromatic rings. The Bertz CT molecular complexity index is 548. The van der Waals surface area contributed by atoms with Crippen molar-refractivity contribution < 1.29 is 23.8 Å². The monoisotopic (exact) mass is 378 g/mol. The van der Waals surface area contributed by atoms with E-state index in [1.807, 2.05) is 13.8 Å². The van der Waals surface area contributed by atoms with Crippen molar-refractivity contribution in [2.75, 3.05) is 6.61 Å². The molecule has 4 nitrogen and oxygen atoms in total. The minimum absolute atomic E-state index is 0.0146. The number of halogens is 2. The zero-order chi connectivity index (χ0) is 16.2. The summed E-state index contributed by atoms with van der Waals surface area (Å²) in [5.41, 5.74) is -0.424. The molecule has 0 aliphatic rings. The van der Waals surface area contributed by atoms with Gasteiger partial charge in [0.25, 0.3) is 0 Å². The van der Waals surface area contributed by atoms with E-state index in [2.05, 4.69) is 15.9 Å². The summed E-state index contributed by atoms with van der Waals surface area (Å²) < 4.78 is 19.0. The normalized spacial score (nSPS) is 12.3. The summed E-state index contributed by atoms with van der Waals surface area (Å²) in [4.78, 5) is 23.4. The summed E-state index contributed by atoms with van der Waals surface area (Å²) in [6.45, 7) is 5.72. The average Bonchev–Trinajstić information content (AvgIpc) is 2.36. The van der Waals surface area contributed by atoms with Crippen LogP contribution in [-0.2, 0) is 9.53 Å². The van der Waals surface area contributed by atoms with E-state index in [1.165, 1.54) is 6.07 Å². The van der Waals surface area contributed by atoms with Crippen LogP contribution in [0.15, 0.2) is 21.5 Å². The van der Waals surface area contributed by atoms with Crippen molar-refractivity contribution in [1.29, 1.82) is 0 Å². The Labute approximate surface area is 135 Å². The van der Waals surface area contributed by atoms with Gasteiger partial charge >= 0.3 is 11.9 Å². The highest BCUT2D eigenvalue weighted by molar-refractivity contribution is 9.10. The first-order chi connectivity index (χ1) is 9.77. The van der Waals surface area contributed by atoms with E-state index < -0.39 is 22.6 Å². The number of thioether (sulfide) groups is 1. The lowest BCUT2D eigenvalue weighted by Crippen LogP contribution is -2.25. The third-order valence-electron chi connectivity index (χ3n) is 2.63. The van der Waals surface area contributed by atoms with E-state index in [0.717, 1.165) is 17.8 Å². The SMILES string of the molecule is CCOC(=O)C(Sc1cc(C(=O)O)c(F)cc1Br)C(C)C. The molecule has 0 aromatic heterocycles. The highest BCUT2D eigenvalue weighted by Gasteiger charge is 2.26. The molecule has 0 spiro atoms. The Morgan fingerprint density at radius 3 is 2.52 bits per heavy atom. The average molecular weight is 379 g/mol. The van der Waals surface area contributed by atoms with Gasteiger partial charge in [-0.2, -0.15) is 0 Å². The Hall–Kier alpha value is -1.08. The van der Waals surface area contributed by atoms with Crippen LogP contribution in [0.2, 0.25) is 0 Å². The minimum Gasteiger partial charge on any atom is -0.478 e. The fourth-order valence-electron chi connectivity index (χ4n) is 1.60. The van der Waals surface area contributed by atoms with Gasteiger partial charge in [-0.3, -0.25) is 4.79 Å². The number of hydrogen-bond donors (Lipinski definition) is 1. The first-order valence-corrected chi connectivity index (χ1v) is 8.00. The highest BCUT2D eigenvalue weighted by atomic mass is 79.9. The van der Waals surface area contributed by atoms with Gasteiger partial charge in [-0.25, -0.2) is 9.18 Å². The first-order valence-electron chi connectivity index (χ1n) is 6.33. The molecule has 21 heavy (non-hydrogen) atoms. The van der Waals surface area contributed by atoms with Gasteiger partial charge in [0.15, 0.2) is 0 Å². The lowest BCUT2D eigenvalue weighted by atomic mass is 10.1. The van der Waals surface area contributed by atoms with E-state index in [-0.39, 0.29) is 18.5 Å². The van der Waals surface area contributed by atoms with Crippen molar-refractivity contribution in [2.24, 2.45) is 5.92 Å². The number of ether oxygens (including phenoxy) is 1. The lowest BCUT2D eigenvalue weighted by Gasteiger charge is -2.19. The van der Waals surface area contributed by atoms with Crippen molar-refractivity contribution in [3.8, 4) is 0 Å². The Balaban J connectivity index is 3.12. The van der Waals surface area contributed by atoms with Gasteiger partial charge in [0, 0.05) is 9.37 Å². The fourth-order valence-corrected chi connectivity index (χ4v) is 3.26. The maximum Gasteiger partial charge on any atom is 0.338 e. The molecule has 0 amide bonds. The van der Waals surface area contributed by atoms with Gasteiger partial charge in [-0.05, 0) is 40.9 Å². The molecule has 1 atom stereocenters. The molecule has 116 valence electrons. The number of hydrogen-bond acceptors (Lipinski definition) is 4. The van der Waals surface area contributed by atoms with Gasteiger partial charge in [-0.15, -0.1) is 11.8 Å². The molecule has 0 aliphatic heterocycles. The molecule has 0 saturated carbocycles. The number of carbonyl (C=O) groups is 2. The van der Waals surface area contributed by atoms with Crippen LogP contribution in [-0.4, -0.2) is 28.9 Å². The predicted octanol–water partition coefficient (Wildman–Crippen LogP) is 3.97. The van der Waals surface area contributed by atoms with Crippen LogP contribution in [0.25, 0.3) is 0 Å². The van der Waals surface area contributed by atoms with Gasteiger partial charge < -0.3 is 9.84 Å². The predicted molar refractivity (Wildman–Crippen MR) is 82.2 cm³/mol. The molecule has 0 aliphatic carbocycles.